The summed E-state index contributed by atoms with van der Waals surface area (Å²) in [7, 11) is 0. The maximum atomic E-state index is 12.9. The average molecular weight is 405 g/mol. The maximum Gasteiger partial charge on any atom is 0.360 e. The van der Waals surface area contributed by atoms with E-state index in [4.69, 9.17) is 4.74 Å². The highest BCUT2D eigenvalue weighted by molar-refractivity contribution is 6.02. The summed E-state index contributed by atoms with van der Waals surface area (Å²) >= 11 is 0. The Kier molecular flexibility index (Phi) is 5.35. The lowest BCUT2D eigenvalue weighted by atomic mass is 9.99. The standard InChI is InChI=1S/C23H23N3O4/c1-3-26-22(28)19-11-7-6-10-18(19)20(24-26)23(29)30-15(2)21(27)25-13-12-16-8-4-5-9-17(16)14-25/h4-11,15H,3,12-14H2,1-2H3/t15-/m0/s1. The number of hydrogen-bond donors (Lipinski definition) is 0. The van der Waals surface area contributed by atoms with E-state index in [0.29, 0.717) is 30.4 Å². The number of ether oxygens (including phenoxy) is 1. The molecule has 1 atom stereocenters. The topological polar surface area (TPSA) is 81.5 Å². The highest BCUT2D eigenvalue weighted by atomic mass is 16.5. The van der Waals surface area contributed by atoms with Crippen molar-refractivity contribution in [1.29, 1.82) is 0 Å². The van der Waals surface area contributed by atoms with E-state index in [2.05, 4.69) is 11.2 Å². The van der Waals surface area contributed by atoms with E-state index in [9.17, 15) is 14.4 Å². The summed E-state index contributed by atoms with van der Waals surface area (Å²) in [6.07, 6.45) is -0.179. The van der Waals surface area contributed by atoms with Gasteiger partial charge in [-0.3, -0.25) is 9.59 Å². The van der Waals surface area contributed by atoms with Gasteiger partial charge in [-0.25, -0.2) is 9.48 Å². The zero-order valence-corrected chi connectivity index (χ0v) is 17.0. The van der Waals surface area contributed by atoms with Crippen LogP contribution in [-0.4, -0.2) is 39.2 Å². The van der Waals surface area contributed by atoms with Crippen LogP contribution in [0.2, 0.25) is 0 Å². The molecule has 2 heterocycles. The lowest BCUT2D eigenvalue weighted by Crippen LogP contribution is -2.42. The van der Waals surface area contributed by atoms with Crippen molar-refractivity contribution in [3.63, 3.8) is 0 Å². The van der Waals surface area contributed by atoms with E-state index in [1.807, 2.05) is 18.2 Å². The number of aryl methyl sites for hydroxylation is 1. The van der Waals surface area contributed by atoms with Crippen LogP contribution in [0.3, 0.4) is 0 Å². The number of rotatable bonds is 4. The molecular formula is C23H23N3O4. The van der Waals surface area contributed by atoms with E-state index in [1.54, 1.807) is 43.0 Å². The van der Waals surface area contributed by atoms with Crippen LogP contribution in [0.4, 0.5) is 0 Å². The van der Waals surface area contributed by atoms with E-state index in [-0.39, 0.29) is 17.2 Å². The van der Waals surface area contributed by atoms with Crippen LogP contribution < -0.4 is 5.56 Å². The van der Waals surface area contributed by atoms with Gasteiger partial charge in [0.1, 0.15) is 0 Å². The van der Waals surface area contributed by atoms with Crippen molar-refractivity contribution in [2.75, 3.05) is 6.54 Å². The molecule has 1 amide bonds. The molecular weight excluding hydrogens is 382 g/mol. The van der Waals surface area contributed by atoms with Crippen LogP contribution >= 0.6 is 0 Å². The zero-order valence-electron chi connectivity index (χ0n) is 17.0. The zero-order chi connectivity index (χ0) is 21.3. The van der Waals surface area contributed by atoms with Crippen molar-refractivity contribution in [3.05, 3.63) is 75.7 Å². The van der Waals surface area contributed by atoms with E-state index >= 15 is 0 Å². The van der Waals surface area contributed by atoms with Crippen molar-refractivity contribution in [1.82, 2.24) is 14.7 Å². The summed E-state index contributed by atoms with van der Waals surface area (Å²) in [5, 5.41) is 4.99. The molecule has 30 heavy (non-hydrogen) atoms. The van der Waals surface area contributed by atoms with Crippen LogP contribution in [0.1, 0.15) is 35.5 Å². The molecule has 1 aromatic heterocycles. The largest absolute Gasteiger partial charge is 0.448 e. The summed E-state index contributed by atoms with van der Waals surface area (Å²) in [5.74, 6) is -0.961. The van der Waals surface area contributed by atoms with Gasteiger partial charge in [-0.1, -0.05) is 42.5 Å². The van der Waals surface area contributed by atoms with Gasteiger partial charge in [0.05, 0.1) is 5.39 Å². The molecule has 0 unspecified atom stereocenters. The number of aromatic nitrogens is 2. The van der Waals surface area contributed by atoms with Crippen molar-refractivity contribution in [2.24, 2.45) is 0 Å². The number of amides is 1. The molecule has 4 rings (SSSR count). The van der Waals surface area contributed by atoms with Gasteiger partial charge in [-0.15, -0.1) is 0 Å². The third kappa shape index (κ3) is 3.58. The van der Waals surface area contributed by atoms with Crippen molar-refractivity contribution >= 4 is 22.6 Å². The van der Waals surface area contributed by atoms with Crippen molar-refractivity contribution < 1.29 is 14.3 Å². The van der Waals surface area contributed by atoms with Gasteiger partial charge >= 0.3 is 5.97 Å². The van der Waals surface area contributed by atoms with Crippen molar-refractivity contribution in [3.8, 4) is 0 Å². The number of benzene rings is 2. The monoisotopic (exact) mass is 405 g/mol. The molecule has 0 spiro atoms. The fourth-order valence-electron chi connectivity index (χ4n) is 3.81. The van der Waals surface area contributed by atoms with Crippen LogP contribution in [0.5, 0.6) is 0 Å². The smallest absolute Gasteiger partial charge is 0.360 e. The number of hydrogen-bond acceptors (Lipinski definition) is 5. The summed E-state index contributed by atoms with van der Waals surface area (Å²) in [5.41, 5.74) is 2.12. The minimum atomic E-state index is -0.953. The molecule has 7 heteroatoms. The van der Waals surface area contributed by atoms with Gasteiger partial charge in [-0.05, 0) is 37.5 Å². The number of carbonyl (C=O) groups is 2. The first-order chi connectivity index (χ1) is 14.5. The van der Waals surface area contributed by atoms with Crippen LogP contribution in [-0.2, 0) is 29.0 Å². The minimum Gasteiger partial charge on any atom is -0.448 e. The van der Waals surface area contributed by atoms with Gasteiger partial charge in [0.15, 0.2) is 11.8 Å². The average Bonchev–Trinajstić information content (AvgIpc) is 2.78. The number of esters is 1. The second-order valence-corrected chi connectivity index (χ2v) is 7.34. The van der Waals surface area contributed by atoms with Crippen molar-refractivity contribution in [2.45, 2.75) is 39.5 Å². The third-order valence-electron chi connectivity index (χ3n) is 5.43. The van der Waals surface area contributed by atoms with E-state index in [0.717, 1.165) is 12.0 Å². The van der Waals surface area contributed by atoms with E-state index < -0.39 is 12.1 Å². The molecule has 0 saturated carbocycles. The Morgan fingerprint density at radius 1 is 1.07 bits per heavy atom. The van der Waals surface area contributed by atoms with Gasteiger partial charge < -0.3 is 9.64 Å². The fourth-order valence-corrected chi connectivity index (χ4v) is 3.81. The summed E-state index contributed by atoms with van der Waals surface area (Å²) in [4.78, 5) is 39.9. The molecule has 0 aliphatic carbocycles. The lowest BCUT2D eigenvalue weighted by Gasteiger charge is -2.30. The third-order valence-corrected chi connectivity index (χ3v) is 5.43. The highest BCUT2D eigenvalue weighted by Crippen LogP contribution is 2.20. The molecule has 7 nitrogen and oxygen atoms in total. The van der Waals surface area contributed by atoms with Crippen LogP contribution in [0, 0.1) is 0 Å². The van der Waals surface area contributed by atoms with Crippen LogP contribution in [0.15, 0.2) is 53.3 Å². The van der Waals surface area contributed by atoms with Crippen LogP contribution in [0.25, 0.3) is 10.8 Å². The highest BCUT2D eigenvalue weighted by Gasteiger charge is 2.28. The Morgan fingerprint density at radius 2 is 1.73 bits per heavy atom. The SMILES string of the molecule is CCn1nc(C(=O)O[C@@H](C)C(=O)N2CCc3ccccc3C2)c2ccccc2c1=O. The van der Waals surface area contributed by atoms with E-state index in [1.165, 1.54) is 10.2 Å². The molecule has 1 aliphatic heterocycles. The Bertz CT molecular complexity index is 1180. The van der Waals surface area contributed by atoms with Gasteiger partial charge in [0.25, 0.3) is 11.5 Å². The lowest BCUT2D eigenvalue weighted by molar-refractivity contribution is -0.140. The molecule has 0 bridgehead atoms. The maximum absolute atomic E-state index is 12.9. The molecule has 0 N–H and O–H groups in total. The molecule has 154 valence electrons. The number of fused-ring (bicyclic) bond motifs is 2. The fraction of sp³-hybridized carbons (Fsp3) is 0.304. The Balaban J connectivity index is 1.55. The predicted molar refractivity (Wildman–Crippen MR) is 112 cm³/mol. The van der Waals surface area contributed by atoms with Gasteiger partial charge in [0.2, 0.25) is 0 Å². The Morgan fingerprint density at radius 3 is 2.47 bits per heavy atom. The molecule has 0 radical (unpaired) electrons. The first kappa shape index (κ1) is 19.8. The molecule has 0 saturated heterocycles. The minimum absolute atomic E-state index is 0.0377. The number of carbonyl (C=O) groups excluding carboxylic acids is 2. The Labute approximate surface area is 173 Å². The first-order valence-corrected chi connectivity index (χ1v) is 10.1. The molecule has 3 aromatic rings. The quantitative estimate of drug-likeness (QED) is 0.623. The Hall–Kier alpha value is -3.48. The molecule has 2 aromatic carbocycles. The second kappa shape index (κ2) is 8.10. The number of nitrogens with zero attached hydrogens (tertiary/aromatic N) is 3. The second-order valence-electron chi connectivity index (χ2n) is 7.34. The van der Waals surface area contributed by atoms with Gasteiger partial charge in [-0.2, -0.15) is 5.10 Å². The summed E-state index contributed by atoms with van der Waals surface area (Å²) < 4.78 is 6.71. The summed E-state index contributed by atoms with van der Waals surface area (Å²) in [6.45, 7) is 4.75. The predicted octanol–water partition coefficient (Wildman–Crippen LogP) is 2.55. The summed E-state index contributed by atoms with van der Waals surface area (Å²) in [6, 6.07) is 14.8. The van der Waals surface area contributed by atoms with Gasteiger partial charge in [0, 0.05) is 25.0 Å². The molecule has 1 aliphatic rings. The first-order valence-electron chi connectivity index (χ1n) is 10.1. The molecule has 0 fully saturated rings. The normalized spacial score (nSPS) is 14.3.